The summed E-state index contributed by atoms with van der Waals surface area (Å²) >= 11 is 1.66. The first-order chi connectivity index (χ1) is 9.36. The molecule has 0 saturated carbocycles. The SMILES string of the molecule is CC(Cc1ccsc1)NC(=O)c1n[nH]c(C(C)(C)C)n1. The van der Waals surface area contributed by atoms with Gasteiger partial charge in [0, 0.05) is 11.5 Å². The molecule has 1 atom stereocenters. The van der Waals surface area contributed by atoms with Crippen LogP contribution in [0.5, 0.6) is 0 Å². The van der Waals surface area contributed by atoms with Crippen LogP contribution in [-0.4, -0.2) is 27.1 Å². The van der Waals surface area contributed by atoms with Crippen molar-refractivity contribution in [3.8, 4) is 0 Å². The van der Waals surface area contributed by atoms with Crippen molar-refractivity contribution >= 4 is 17.2 Å². The van der Waals surface area contributed by atoms with E-state index in [1.807, 2.05) is 33.1 Å². The van der Waals surface area contributed by atoms with Gasteiger partial charge >= 0.3 is 0 Å². The monoisotopic (exact) mass is 292 g/mol. The number of nitrogens with zero attached hydrogens (tertiary/aromatic N) is 2. The number of aromatic nitrogens is 3. The lowest BCUT2D eigenvalue weighted by Gasteiger charge is -2.13. The standard InChI is InChI=1S/C14H20N4OS/c1-9(7-10-5-6-20-8-10)15-12(19)11-16-13(18-17-11)14(2,3)4/h5-6,8-9H,7H2,1-4H3,(H,15,19)(H,16,17,18). The minimum atomic E-state index is -0.237. The van der Waals surface area contributed by atoms with Crippen LogP contribution in [0.15, 0.2) is 16.8 Å². The number of carbonyl (C=O) groups is 1. The molecule has 0 saturated heterocycles. The fraction of sp³-hybridized carbons (Fsp3) is 0.500. The minimum Gasteiger partial charge on any atom is -0.346 e. The molecule has 2 aromatic heterocycles. The third-order valence-electron chi connectivity index (χ3n) is 2.90. The van der Waals surface area contributed by atoms with Crippen LogP contribution in [-0.2, 0) is 11.8 Å². The van der Waals surface area contributed by atoms with E-state index in [0.29, 0.717) is 5.82 Å². The first kappa shape index (κ1) is 14.7. The normalized spacial score (nSPS) is 13.2. The summed E-state index contributed by atoms with van der Waals surface area (Å²) in [5.74, 6) is 0.680. The lowest BCUT2D eigenvalue weighted by molar-refractivity contribution is 0.0930. The molecule has 1 amide bonds. The molecule has 0 radical (unpaired) electrons. The Morgan fingerprint density at radius 1 is 1.50 bits per heavy atom. The van der Waals surface area contributed by atoms with Gasteiger partial charge in [-0.25, -0.2) is 4.98 Å². The average Bonchev–Trinajstić information content (AvgIpc) is 2.97. The number of aromatic amines is 1. The van der Waals surface area contributed by atoms with Gasteiger partial charge in [-0.2, -0.15) is 11.3 Å². The third-order valence-corrected chi connectivity index (χ3v) is 3.63. The number of carbonyl (C=O) groups excluding carboxylic acids is 1. The van der Waals surface area contributed by atoms with E-state index in [-0.39, 0.29) is 23.2 Å². The van der Waals surface area contributed by atoms with Crippen molar-refractivity contribution < 1.29 is 4.79 Å². The van der Waals surface area contributed by atoms with Crippen LogP contribution in [0.25, 0.3) is 0 Å². The van der Waals surface area contributed by atoms with E-state index in [9.17, 15) is 4.79 Å². The van der Waals surface area contributed by atoms with Crippen LogP contribution < -0.4 is 5.32 Å². The van der Waals surface area contributed by atoms with E-state index >= 15 is 0 Å². The van der Waals surface area contributed by atoms with E-state index in [4.69, 9.17) is 0 Å². The molecule has 0 spiro atoms. The van der Waals surface area contributed by atoms with Crippen LogP contribution in [0.3, 0.4) is 0 Å². The summed E-state index contributed by atoms with van der Waals surface area (Å²) in [6.07, 6.45) is 0.811. The van der Waals surface area contributed by atoms with Gasteiger partial charge in [-0.1, -0.05) is 20.8 Å². The molecule has 0 aliphatic rings. The lowest BCUT2D eigenvalue weighted by atomic mass is 9.96. The van der Waals surface area contributed by atoms with E-state index in [1.165, 1.54) is 5.56 Å². The number of thiophene rings is 1. The van der Waals surface area contributed by atoms with Crippen molar-refractivity contribution in [2.24, 2.45) is 0 Å². The van der Waals surface area contributed by atoms with Gasteiger partial charge in [0.15, 0.2) is 0 Å². The minimum absolute atomic E-state index is 0.0497. The predicted octanol–water partition coefficient (Wildman–Crippen LogP) is 2.52. The Kier molecular flexibility index (Phi) is 4.23. The quantitative estimate of drug-likeness (QED) is 0.909. The molecular formula is C14H20N4OS. The third kappa shape index (κ3) is 3.66. The molecule has 2 heterocycles. The molecule has 1 unspecified atom stereocenters. The molecule has 0 bridgehead atoms. The van der Waals surface area contributed by atoms with Gasteiger partial charge in [0.1, 0.15) is 5.82 Å². The van der Waals surface area contributed by atoms with Crippen molar-refractivity contribution in [3.63, 3.8) is 0 Å². The topological polar surface area (TPSA) is 70.7 Å². The molecular weight excluding hydrogens is 272 g/mol. The molecule has 108 valence electrons. The zero-order valence-corrected chi connectivity index (χ0v) is 13.0. The molecule has 5 nitrogen and oxygen atoms in total. The second-order valence-corrected chi connectivity index (χ2v) is 6.75. The van der Waals surface area contributed by atoms with Crippen molar-refractivity contribution in [1.29, 1.82) is 0 Å². The second kappa shape index (κ2) is 5.75. The molecule has 0 aliphatic heterocycles. The van der Waals surface area contributed by atoms with Gasteiger partial charge in [-0.3, -0.25) is 9.89 Å². The summed E-state index contributed by atoms with van der Waals surface area (Å²) in [5.41, 5.74) is 1.08. The van der Waals surface area contributed by atoms with Crippen molar-refractivity contribution in [2.45, 2.75) is 45.6 Å². The van der Waals surface area contributed by atoms with Crippen molar-refractivity contribution in [2.75, 3.05) is 0 Å². The van der Waals surface area contributed by atoms with Gasteiger partial charge in [0.05, 0.1) is 0 Å². The van der Waals surface area contributed by atoms with Gasteiger partial charge in [-0.05, 0) is 35.7 Å². The van der Waals surface area contributed by atoms with E-state index < -0.39 is 0 Å². The highest BCUT2D eigenvalue weighted by Gasteiger charge is 2.21. The Bertz CT molecular complexity index is 568. The maximum Gasteiger partial charge on any atom is 0.291 e. The number of rotatable bonds is 4. The number of amides is 1. The Morgan fingerprint density at radius 3 is 2.80 bits per heavy atom. The fourth-order valence-corrected chi connectivity index (χ4v) is 2.48. The van der Waals surface area contributed by atoms with E-state index in [1.54, 1.807) is 11.3 Å². The van der Waals surface area contributed by atoms with Crippen molar-refractivity contribution in [1.82, 2.24) is 20.5 Å². The number of H-pyrrole nitrogens is 1. The zero-order valence-electron chi connectivity index (χ0n) is 12.2. The Labute approximate surface area is 122 Å². The summed E-state index contributed by atoms with van der Waals surface area (Å²) in [7, 11) is 0. The molecule has 0 fully saturated rings. The first-order valence-corrected chi connectivity index (χ1v) is 7.55. The summed E-state index contributed by atoms with van der Waals surface area (Å²) in [4.78, 5) is 16.3. The van der Waals surface area contributed by atoms with Gasteiger partial charge < -0.3 is 5.32 Å². The molecule has 2 N–H and O–H groups in total. The number of hydrogen-bond donors (Lipinski definition) is 2. The van der Waals surface area contributed by atoms with Crippen LogP contribution in [0.1, 0.15) is 49.7 Å². The van der Waals surface area contributed by atoms with Crippen LogP contribution >= 0.6 is 11.3 Å². The molecule has 0 aromatic carbocycles. The number of nitrogens with one attached hydrogen (secondary N) is 2. The molecule has 2 rings (SSSR count). The first-order valence-electron chi connectivity index (χ1n) is 6.61. The lowest BCUT2D eigenvalue weighted by Crippen LogP contribution is -2.34. The van der Waals surface area contributed by atoms with E-state index in [2.05, 4.69) is 31.9 Å². The summed E-state index contributed by atoms with van der Waals surface area (Å²) in [6.45, 7) is 8.05. The van der Waals surface area contributed by atoms with E-state index in [0.717, 1.165) is 6.42 Å². The molecule has 20 heavy (non-hydrogen) atoms. The van der Waals surface area contributed by atoms with Crippen LogP contribution in [0.2, 0.25) is 0 Å². The van der Waals surface area contributed by atoms with Crippen LogP contribution in [0.4, 0.5) is 0 Å². The Hall–Kier alpha value is -1.69. The Morgan fingerprint density at radius 2 is 2.25 bits per heavy atom. The van der Waals surface area contributed by atoms with Crippen LogP contribution in [0, 0.1) is 0 Å². The summed E-state index contributed by atoms with van der Waals surface area (Å²) in [6, 6.07) is 2.12. The molecule has 6 heteroatoms. The number of hydrogen-bond acceptors (Lipinski definition) is 4. The zero-order chi connectivity index (χ0) is 14.8. The molecule has 0 aliphatic carbocycles. The maximum absolute atomic E-state index is 12.1. The highest BCUT2D eigenvalue weighted by molar-refractivity contribution is 7.07. The Balaban J connectivity index is 1.96. The smallest absolute Gasteiger partial charge is 0.291 e. The fourth-order valence-electron chi connectivity index (χ4n) is 1.80. The molecule has 2 aromatic rings. The van der Waals surface area contributed by atoms with Gasteiger partial charge in [0.25, 0.3) is 5.91 Å². The largest absolute Gasteiger partial charge is 0.346 e. The second-order valence-electron chi connectivity index (χ2n) is 5.97. The van der Waals surface area contributed by atoms with Gasteiger partial charge in [-0.15, -0.1) is 5.10 Å². The summed E-state index contributed by atoms with van der Waals surface area (Å²) in [5, 5.41) is 13.9. The predicted molar refractivity (Wildman–Crippen MR) is 80.0 cm³/mol. The van der Waals surface area contributed by atoms with Gasteiger partial charge in [0.2, 0.25) is 5.82 Å². The average molecular weight is 292 g/mol. The highest BCUT2D eigenvalue weighted by atomic mass is 32.1. The summed E-state index contributed by atoms with van der Waals surface area (Å²) < 4.78 is 0. The van der Waals surface area contributed by atoms with Crippen molar-refractivity contribution in [3.05, 3.63) is 34.0 Å². The highest BCUT2D eigenvalue weighted by Crippen LogP contribution is 2.17. The maximum atomic E-state index is 12.1.